The molecule has 1 heteroatoms. The van der Waals surface area contributed by atoms with Gasteiger partial charge in [0.25, 0.3) is 0 Å². The van der Waals surface area contributed by atoms with Crippen LogP contribution >= 0.6 is 0 Å². The van der Waals surface area contributed by atoms with Gasteiger partial charge in [0.15, 0.2) is 0 Å². The highest BCUT2D eigenvalue weighted by atomic mass is 15.1. The second-order valence-corrected chi connectivity index (χ2v) is 7.44. The summed E-state index contributed by atoms with van der Waals surface area (Å²) in [5.74, 6) is 0. The average molecular weight is 361 g/mol. The van der Waals surface area contributed by atoms with Gasteiger partial charge in [-0.1, -0.05) is 72.8 Å². The van der Waals surface area contributed by atoms with E-state index in [0.717, 1.165) is 12.8 Å². The standard InChI is InChI=1S/C27H23N/c1-20-9-2-7-15-26(20)28(24-18-17-21-10-3-4-12-23(21)19-24)27-16-8-13-22-11-5-6-14-25(22)27/h2-4,6-10,12-19H,5,11H2,1H3. The number of benzene rings is 4. The van der Waals surface area contributed by atoms with Crippen LogP contribution in [0.1, 0.15) is 23.1 Å². The zero-order chi connectivity index (χ0) is 18.9. The van der Waals surface area contributed by atoms with Crippen molar-refractivity contribution in [2.75, 3.05) is 4.90 Å². The molecule has 0 saturated carbocycles. The lowest BCUT2D eigenvalue weighted by Gasteiger charge is -2.30. The number of para-hydroxylation sites is 1. The molecule has 0 atom stereocenters. The monoisotopic (exact) mass is 361 g/mol. The van der Waals surface area contributed by atoms with Crippen molar-refractivity contribution < 1.29 is 0 Å². The van der Waals surface area contributed by atoms with Crippen molar-refractivity contribution in [3.8, 4) is 0 Å². The van der Waals surface area contributed by atoms with Gasteiger partial charge in [-0.2, -0.15) is 0 Å². The van der Waals surface area contributed by atoms with Gasteiger partial charge in [0.2, 0.25) is 0 Å². The van der Waals surface area contributed by atoms with Crippen LogP contribution in [0.25, 0.3) is 16.8 Å². The molecule has 5 rings (SSSR count). The molecular formula is C27H23N. The van der Waals surface area contributed by atoms with Crippen molar-refractivity contribution in [3.63, 3.8) is 0 Å². The highest BCUT2D eigenvalue weighted by molar-refractivity contribution is 5.91. The maximum absolute atomic E-state index is 2.41. The molecule has 136 valence electrons. The van der Waals surface area contributed by atoms with E-state index in [-0.39, 0.29) is 0 Å². The zero-order valence-electron chi connectivity index (χ0n) is 16.1. The SMILES string of the molecule is Cc1ccccc1N(c1ccc2ccccc2c1)c1cccc2c1C=CCC2. The van der Waals surface area contributed by atoms with Gasteiger partial charge in [0, 0.05) is 16.9 Å². The molecule has 1 nitrogen and oxygen atoms in total. The van der Waals surface area contributed by atoms with E-state index in [9.17, 15) is 0 Å². The molecule has 0 N–H and O–H groups in total. The highest BCUT2D eigenvalue weighted by Crippen LogP contribution is 2.41. The first-order valence-corrected chi connectivity index (χ1v) is 9.94. The van der Waals surface area contributed by atoms with Gasteiger partial charge in [-0.25, -0.2) is 0 Å². The molecule has 1 aliphatic carbocycles. The van der Waals surface area contributed by atoms with E-state index >= 15 is 0 Å². The Labute approximate surface area is 166 Å². The Balaban J connectivity index is 1.77. The lowest BCUT2D eigenvalue weighted by Crippen LogP contribution is -2.14. The maximum Gasteiger partial charge on any atom is 0.0536 e. The van der Waals surface area contributed by atoms with Gasteiger partial charge in [-0.05, 0) is 65.9 Å². The Morgan fingerprint density at radius 2 is 1.50 bits per heavy atom. The number of hydrogen-bond acceptors (Lipinski definition) is 1. The largest absolute Gasteiger partial charge is 0.310 e. The summed E-state index contributed by atoms with van der Waals surface area (Å²) in [7, 11) is 0. The Morgan fingerprint density at radius 3 is 2.39 bits per heavy atom. The molecule has 28 heavy (non-hydrogen) atoms. The quantitative estimate of drug-likeness (QED) is 0.363. The summed E-state index contributed by atoms with van der Waals surface area (Å²) < 4.78 is 0. The molecule has 0 unspecified atom stereocenters. The number of rotatable bonds is 3. The van der Waals surface area contributed by atoms with Gasteiger partial charge in [-0.3, -0.25) is 0 Å². The van der Waals surface area contributed by atoms with Gasteiger partial charge in [-0.15, -0.1) is 0 Å². The number of nitrogens with zero attached hydrogens (tertiary/aromatic N) is 1. The van der Waals surface area contributed by atoms with E-state index in [1.165, 1.54) is 44.5 Å². The molecule has 0 aromatic heterocycles. The van der Waals surface area contributed by atoms with Crippen molar-refractivity contribution in [3.05, 3.63) is 108 Å². The fourth-order valence-electron chi connectivity index (χ4n) is 4.18. The lowest BCUT2D eigenvalue weighted by atomic mass is 9.94. The van der Waals surface area contributed by atoms with E-state index in [1.807, 2.05) is 0 Å². The Morgan fingerprint density at radius 1 is 0.714 bits per heavy atom. The Kier molecular flexibility index (Phi) is 4.21. The number of allylic oxidation sites excluding steroid dienone is 1. The third kappa shape index (κ3) is 2.90. The maximum atomic E-state index is 2.41. The molecule has 0 spiro atoms. The molecule has 1 aliphatic rings. The Hall–Kier alpha value is -3.32. The van der Waals surface area contributed by atoms with Crippen LogP contribution in [0.15, 0.2) is 91.0 Å². The van der Waals surface area contributed by atoms with Crippen molar-refractivity contribution in [2.45, 2.75) is 19.8 Å². The summed E-state index contributed by atoms with van der Waals surface area (Å²) in [5.41, 5.74) is 7.71. The zero-order valence-corrected chi connectivity index (χ0v) is 16.1. The van der Waals surface area contributed by atoms with Gasteiger partial charge in [0.05, 0.1) is 5.69 Å². The van der Waals surface area contributed by atoms with Crippen LogP contribution < -0.4 is 4.90 Å². The molecule has 4 aromatic carbocycles. The second-order valence-electron chi connectivity index (χ2n) is 7.44. The van der Waals surface area contributed by atoms with Crippen LogP contribution in [0.5, 0.6) is 0 Å². The summed E-state index contributed by atoms with van der Waals surface area (Å²) in [6.45, 7) is 2.19. The molecule has 4 aromatic rings. The molecular weight excluding hydrogens is 338 g/mol. The van der Waals surface area contributed by atoms with Crippen molar-refractivity contribution in [1.29, 1.82) is 0 Å². The van der Waals surface area contributed by atoms with Gasteiger partial charge in [0.1, 0.15) is 0 Å². The topological polar surface area (TPSA) is 3.24 Å². The van der Waals surface area contributed by atoms with Crippen LogP contribution in [-0.2, 0) is 6.42 Å². The third-order valence-corrected chi connectivity index (χ3v) is 5.63. The first-order valence-electron chi connectivity index (χ1n) is 9.94. The van der Waals surface area contributed by atoms with Crippen LogP contribution in [0, 0.1) is 6.92 Å². The van der Waals surface area contributed by atoms with E-state index < -0.39 is 0 Å². The van der Waals surface area contributed by atoms with Crippen LogP contribution in [-0.4, -0.2) is 0 Å². The molecule has 0 saturated heterocycles. The number of anilines is 3. The smallest absolute Gasteiger partial charge is 0.0536 e. The van der Waals surface area contributed by atoms with Crippen LogP contribution in [0.3, 0.4) is 0 Å². The summed E-state index contributed by atoms with van der Waals surface area (Å²) >= 11 is 0. The van der Waals surface area contributed by atoms with E-state index in [4.69, 9.17) is 0 Å². The summed E-state index contributed by atoms with van der Waals surface area (Å²) in [5, 5.41) is 2.53. The van der Waals surface area contributed by atoms with Gasteiger partial charge < -0.3 is 4.90 Å². The predicted octanol–water partition coefficient (Wildman–Crippen LogP) is 7.58. The van der Waals surface area contributed by atoms with Gasteiger partial charge >= 0.3 is 0 Å². The minimum atomic E-state index is 1.11. The fourth-order valence-corrected chi connectivity index (χ4v) is 4.18. The Bertz CT molecular complexity index is 1190. The summed E-state index contributed by atoms with van der Waals surface area (Å²) in [4.78, 5) is 2.41. The van der Waals surface area contributed by atoms with Crippen molar-refractivity contribution in [1.82, 2.24) is 0 Å². The number of hydrogen-bond donors (Lipinski definition) is 0. The normalized spacial score (nSPS) is 12.8. The van der Waals surface area contributed by atoms with E-state index in [0.29, 0.717) is 0 Å². The lowest BCUT2D eigenvalue weighted by molar-refractivity contribution is 0.983. The highest BCUT2D eigenvalue weighted by Gasteiger charge is 2.19. The predicted molar refractivity (Wildman–Crippen MR) is 121 cm³/mol. The fraction of sp³-hybridized carbons (Fsp3) is 0.111. The molecule has 0 bridgehead atoms. The minimum absolute atomic E-state index is 1.11. The average Bonchev–Trinajstić information content (AvgIpc) is 2.75. The molecule has 0 radical (unpaired) electrons. The van der Waals surface area contributed by atoms with E-state index in [2.05, 4.69) is 109 Å². The van der Waals surface area contributed by atoms with Crippen molar-refractivity contribution in [2.24, 2.45) is 0 Å². The number of aryl methyl sites for hydroxylation is 2. The molecule has 0 amide bonds. The molecule has 0 fully saturated rings. The van der Waals surface area contributed by atoms with Crippen LogP contribution in [0.4, 0.5) is 17.1 Å². The van der Waals surface area contributed by atoms with Crippen molar-refractivity contribution >= 4 is 33.9 Å². The molecule has 0 heterocycles. The number of fused-ring (bicyclic) bond motifs is 2. The van der Waals surface area contributed by atoms with Crippen LogP contribution in [0.2, 0.25) is 0 Å². The summed E-state index contributed by atoms with van der Waals surface area (Å²) in [6, 6.07) is 30.7. The summed E-state index contributed by atoms with van der Waals surface area (Å²) in [6.07, 6.45) is 6.82. The third-order valence-electron chi connectivity index (χ3n) is 5.63. The second kappa shape index (κ2) is 7.01. The molecule has 0 aliphatic heterocycles. The minimum Gasteiger partial charge on any atom is -0.310 e. The first kappa shape index (κ1) is 16.8. The first-order chi connectivity index (χ1) is 13.8. The van der Waals surface area contributed by atoms with E-state index in [1.54, 1.807) is 0 Å².